The summed E-state index contributed by atoms with van der Waals surface area (Å²) in [7, 11) is -3.95. The SMILES string of the molecule is CC(C)(CCC(=O)O)NS(=O)(=O)c1cnn(CC(F)F)c1. The van der Waals surface area contributed by atoms with Gasteiger partial charge in [-0.1, -0.05) is 0 Å². The Morgan fingerprint density at radius 3 is 2.67 bits per heavy atom. The van der Waals surface area contributed by atoms with Gasteiger partial charge in [0.25, 0.3) is 6.43 Å². The minimum absolute atomic E-state index is 0.0900. The maximum absolute atomic E-state index is 12.2. The third-order valence-corrected chi connectivity index (χ3v) is 4.27. The monoisotopic (exact) mass is 325 g/mol. The standard InChI is InChI=1S/C11H17F2N3O4S/c1-11(2,4-3-10(17)18)15-21(19,20)8-5-14-16(6-8)7-9(12)13/h5-6,9,15H,3-4,7H2,1-2H3,(H,17,18). The first-order chi connectivity index (χ1) is 9.52. The number of alkyl halides is 2. The van der Waals surface area contributed by atoms with Gasteiger partial charge in [-0.15, -0.1) is 0 Å². The van der Waals surface area contributed by atoms with Gasteiger partial charge in [-0.25, -0.2) is 21.9 Å². The van der Waals surface area contributed by atoms with E-state index in [0.29, 0.717) is 0 Å². The Morgan fingerprint density at radius 2 is 2.14 bits per heavy atom. The molecule has 0 aliphatic heterocycles. The summed E-state index contributed by atoms with van der Waals surface area (Å²) in [6.45, 7) is 2.38. The molecular formula is C11H17F2N3O4S. The van der Waals surface area contributed by atoms with E-state index in [9.17, 15) is 22.0 Å². The van der Waals surface area contributed by atoms with Crippen LogP contribution < -0.4 is 4.72 Å². The number of sulfonamides is 1. The fraction of sp³-hybridized carbons (Fsp3) is 0.636. The molecule has 2 N–H and O–H groups in total. The number of carboxylic acids is 1. The highest BCUT2D eigenvalue weighted by Gasteiger charge is 2.27. The zero-order valence-electron chi connectivity index (χ0n) is 11.6. The average Bonchev–Trinajstić information content (AvgIpc) is 2.73. The van der Waals surface area contributed by atoms with Crippen LogP contribution in [0.2, 0.25) is 0 Å². The number of nitrogens with one attached hydrogen (secondary N) is 1. The van der Waals surface area contributed by atoms with Gasteiger partial charge in [0.1, 0.15) is 11.4 Å². The summed E-state index contributed by atoms with van der Waals surface area (Å²) in [5.74, 6) is -1.04. The van der Waals surface area contributed by atoms with Crippen LogP contribution in [0.3, 0.4) is 0 Å². The number of hydrogen-bond donors (Lipinski definition) is 2. The number of rotatable bonds is 8. The fourth-order valence-electron chi connectivity index (χ4n) is 1.62. The first-order valence-corrected chi connectivity index (χ1v) is 7.56. The molecule has 0 aliphatic carbocycles. The highest BCUT2D eigenvalue weighted by atomic mass is 32.2. The normalized spacial score (nSPS) is 12.8. The van der Waals surface area contributed by atoms with Crippen molar-refractivity contribution < 1.29 is 27.1 Å². The van der Waals surface area contributed by atoms with Crippen LogP contribution in [0.5, 0.6) is 0 Å². The summed E-state index contributed by atoms with van der Waals surface area (Å²) < 4.78 is 51.7. The van der Waals surface area contributed by atoms with E-state index in [1.54, 1.807) is 0 Å². The predicted octanol–water partition coefficient (Wildman–Crippen LogP) is 1.07. The van der Waals surface area contributed by atoms with E-state index in [1.165, 1.54) is 13.8 Å². The highest BCUT2D eigenvalue weighted by Crippen LogP contribution is 2.17. The Kier molecular flexibility index (Phi) is 5.40. The van der Waals surface area contributed by atoms with Gasteiger partial charge in [-0.3, -0.25) is 9.48 Å². The van der Waals surface area contributed by atoms with E-state index in [1.807, 2.05) is 0 Å². The molecular weight excluding hydrogens is 308 g/mol. The van der Waals surface area contributed by atoms with Gasteiger partial charge in [0, 0.05) is 18.2 Å². The number of carboxylic acid groups (broad SMARTS) is 1. The molecule has 21 heavy (non-hydrogen) atoms. The lowest BCUT2D eigenvalue weighted by molar-refractivity contribution is -0.137. The molecule has 1 rings (SSSR count). The quantitative estimate of drug-likeness (QED) is 0.744. The molecule has 0 atom stereocenters. The molecule has 0 saturated carbocycles. The van der Waals surface area contributed by atoms with Crippen molar-refractivity contribution in [3.05, 3.63) is 12.4 Å². The maximum Gasteiger partial charge on any atom is 0.303 e. The molecule has 0 spiro atoms. The van der Waals surface area contributed by atoms with Crippen LogP contribution >= 0.6 is 0 Å². The van der Waals surface area contributed by atoms with Crippen LogP contribution in [0, 0.1) is 0 Å². The lowest BCUT2D eigenvalue weighted by Crippen LogP contribution is -2.43. The topological polar surface area (TPSA) is 101 Å². The van der Waals surface area contributed by atoms with Gasteiger partial charge in [0.2, 0.25) is 10.0 Å². The average molecular weight is 325 g/mol. The number of nitrogens with zero attached hydrogens (tertiary/aromatic N) is 2. The van der Waals surface area contributed by atoms with Gasteiger partial charge in [0.15, 0.2) is 0 Å². The van der Waals surface area contributed by atoms with E-state index in [4.69, 9.17) is 5.11 Å². The van der Waals surface area contributed by atoms with Gasteiger partial charge >= 0.3 is 5.97 Å². The molecule has 10 heteroatoms. The molecule has 1 heterocycles. The first kappa shape index (κ1) is 17.5. The van der Waals surface area contributed by atoms with Crippen molar-refractivity contribution in [1.29, 1.82) is 0 Å². The van der Waals surface area contributed by atoms with Gasteiger partial charge in [-0.2, -0.15) is 5.10 Å². The van der Waals surface area contributed by atoms with E-state index in [0.717, 1.165) is 17.1 Å². The van der Waals surface area contributed by atoms with Crippen molar-refractivity contribution in [3.8, 4) is 0 Å². The molecule has 0 unspecified atom stereocenters. The number of hydrogen-bond acceptors (Lipinski definition) is 4. The molecule has 0 bridgehead atoms. The summed E-state index contributed by atoms with van der Waals surface area (Å²) >= 11 is 0. The van der Waals surface area contributed by atoms with Crippen LogP contribution in [-0.4, -0.2) is 41.2 Å². The lowest BCUT2D eigenvalue weighted by Gasteiger charge is -2.24. The molecule has 0 aromatic carbocycles. The molecule has 0 radical (unpaired) electrons. The van der Waals surface area contributed by atoms with Gasteiger partial charge < -0.3 is 5.11 Å². The largest absolute Gasteiger partial charge is 0.481 e. The van der Waals surface area contributed by atoms with Crippen molar-refractivity contribution in [1.82, 2.24) is 14.5 Å². The van der Waals surface area contributed by atoms with Crippen LogP contribution in [0.15, 0.2) is 17.3 Å². The minimum Gasteiger partial charge on any atom is -0.481 e. The Bertz CT molecular complexity index is 598. The fourth-order valence-corrected chi connectivity index (χ4v) is 3.01. The van der Waals surface area contributed by atoms with E-state index in [-0.39, 0.29) is 17.7 Å². The Balaban J connectivity index is 2.81. The van der Waals surface area contributed by atoms with Crippen molar-refractivity contribution in [2.24, 2.45) is 0 Å². The molecule has 0 fully saturated rings. The van der Waals surface area contributed by atoms with Crippen molar-refractivity contribution in [2.45, 2.75) is 50.1 Å². The van der Waals surface area contributed by atoms with Crippen LogP contribution in [-0.2, 0) is 21.4 Å². The van der Waals surface area contributed by atoms with Gasteiger partial charge in [-0.05, 0) is 20.3 Å². The Morgan fingerprint density at radius 1 is 1.52 bits per heavy atom. The van der Waals surface area contributed by atoms with Crippen LogP contribution in [0.4, 0.5) is 8.78 Å². The summed E-state index contributed by atoms with van der Waals surface area (Å²) in [6.07, 6.45) is -0.771. The second-order valence-corrected chi connectivity index (χ2v) is 6.85. The second kappa shape index (κ2) is 6.48. The zero-order chi connectivity index (χ0) is 16.3. The molecule has 0 aliphatic rings. The molecule has 0 saturated heterocycles. The van der Waals surface area contributed by atoms with E-state index >= 15 is 0 Å². The summed E-state index contributed by atoms with van der Waals surface area (Å²) in [5.41, 5.74) is -0.984. The maximum atomic E-state index is 12.2. The molecule has 120 valence electrons. The number of halogens is 2. The lowest BCUT2D eigenvalue weighted by atomic mass is 10.0. The van der Waals surface area contributed by atoms with Crippen LogP contribution in [0.25, 0.3) is 0 Å². The molecule has 7 nitrogen and oxygen atoms in total. The molecule has 0 amide bonds. The number of aliphatic carboxylic acids is 1. The number of aromatic nitrogens is 2. The summed E-state index contributed by atoms with van der Waals surface area (Å²) in [6, 6.07) is 0. The minimum atomic E-state index is -3.95. The molecule has 1 aromatic rings. The van der Waals surface area contributed by atoms with E-state index < -0.39 is 34.5 Å². The summed E-state index contributed by atoms with van der Waals surface area (Å²) in [5, 5.41) is 12.2. The number of carbonyl (C=O) groups is 1. The molecule has 1 aromatic heterocycles. The third-order valence-electron chi connectivity index (χ3n) is 2.62. The van der Waals surface area contributed by atoms with Gasteiger partial charge in [0.05, 0.1) is 6.20 Å². The Labute approximate surface area is 121 Å². The van der Waals surface area contributed by atoms with Crippen LogP contribution in [0.1, 0.15) is 26.7 Å². The zero-order valence-corrected chi connectivity index (χ0v) is 12.4. The second-order valence-electron chi connectivity index (χ2n) is 5.17. The third kappa shape index (κ3) is 5.76. The van der Waals surface area contributed by atoms with Crippen molar-refractivity contribution in [3.63, 3.8) is 0 Å². The van der Waals surface area contributed by atoms with Crippen molar-refractivity contribution in [2.75, 3.05) is 0 Å². The predicted molar refractivity (Wildman–Crippen MR) is 69.5 cm³/mol. The van der Waals surface area contributed by atoms with Crippen molar-refractivity contribution >= 4 is 16.0 Å². The highest BCUT2D eigenvalue weighted by molar-refractivity contribution is 7.89. The first-order valence-electron chi connectivity index (χ1n) is 6.08. The smallest absolute Gasteiger partial charge is 0.303 e. The summed E-state index contributed by atoms with van der Waals surface area (Å²) in [4.78, 5) is 10.3. The Hall–Kier alpha value is -1.55. The van der Waals surface area contributed by atoms with E-state index in [2.05, 4.69) is 9.82 Å².